The number of nitrogens with one attached hydrogen (secondary N) is 2. The highest BCUT2D eigenvalue weighted by Crippen LogP contribution is 2.23. The highest BCUT2D eigenvalue weighted by molar-refractivity contribution is 6.30. The molecule has 136 valence electrons. The topological polar surface area (TPSA) is 87.2 Å². The number of amides is 3. The fourth-order valence-corrected chi connectivity index (χ4v) is 2.75. The quantitative estimate of drug-likeness (QED) is 0.852. The van der Waals surface area contributed by atoms with Gasteiger partial charge in [-0.3, -0.25) is 15.1 Å². The number of urea groups is 1. The van der Waals surface area contributed by atoms with Crippen LogP contribution in [0, 0.1) is 11.6 Å². The van der Waals surface area contributed by atoms with Crippen molar-refractivity contribution in [3.8, 4) is 0 Å². The number of pyridine rings is 2. The monoisotopic (exact) mass is 381 g/mol. The molecule has 0 fully saturated rings. The van der Waals surface area contributed by atoms with E-state index in [4.69, 9.17) is 11.6 Å². The number of hydrogen-bond acceptors (Lipinski definition) is 4. The molecule has 0 aromatic carbocycles. The summed E-state index contributed by atoms with van der Waals surface area (Å²) in [5.41, 5.74) is 0.577. The van der Waals surface area contributed by atoms with E-state index in [9.17, 15) is 18.4 Å². The molecule has 0 bridgehead atoms. The van der Waals surface area contributed by atoms with Crippen LogP contribution in [-0.2, 0) is 11.3 Å². The van der Waals surface area contributed by atoms with E-state index in [2.05, 4.69) is 20.6 Å². The van der Waals surface area contributed by atoms with Gasteiger partial charge in [-0.05, 0) is 13.0 Å². The smallest absolute Gasteiger partial charge is 0.323 e. The van der Waals surface area contributed by atoms with Crippen molar-refractivity contribution in [2.45, 2.75) is 19.5 Å². The standard InChI is InChI=1S/C16H14ClF2N5O2/c1-8(14-12(19)3-11(18)5-20-14)22-13(25)7-24-6-9-2-10(17)4-21-15(9)23-16(24)26/h2-5,8H,6-7H2,1H3,(H,22,25)(H,21,23,26)/t8-/m0/s1. The molecule has 0 saturated carbocycles. The third-order valence-corrected chi connectivity index (χ3v) is 3.97. The van der Waals surface area contributed by atoms with Gasteiger partial charge in [-0.25, -0.2) is 18.6 Å². The van der Waals surface area contributed by atoms with Gasteiger partial charge < -0.3 is 10.2 Å². The van der Waals surface area contributed by atoms with Crippen LogP contribution in [-0.4, -0.2) is 33.4 Å². The first-order valence-corrected chi connectivity index (χ1v) is 8.02. The largest absolute Gasteiger partial charge is 0.346 e. The van der Waals surface area contributed by atoms with Gasteiger partial charge in [0.25, 0.3) is 0 Å². The van der Waals surface area contributed by atoms with E-state index < -0.39 is 29.6 Å². The summed E-state index contributed by atoms with van der Waals surface area (Å²) in [7, 11) is 0. The zero-order valence-electron chi connectivity index (χ0n) is 13.6. The van der Waals surface area contributed by atoms with Gasteiger partial charge in [0, 0.05) is 17.8 Å². The minimum atomic E-state index is -0.858. The first-order valence-electron chi connectivity index (χ1n) is 7.64. The van der Waals surface area contributed by atoms with Crippen molar-refractivity contribution in [1.29, 1.82) is 0 Å². The molecule has 2 aromatic rings. The van der Waals surface area contributed by atoms with E-state index in [-0.39, 0.29) is 18.8 Å². The molecular weight excluding hydrogens is 368 g/mol. The molecule has 10 heteroatoms. The number of nitrogens with zero attached hydrogens (tertiary/aromatic N) is 3. The van der Waals surface area contributed by atoms with E-state index in [1.165, 1.54) is 18.0 Å². The van der Waals surface area contributed by atoms with Crippen molar-refractivity contribution in [1.82, 2.24) is 20.2 Å². The van der Waals surface area contributed by atoms with Gasteiger partial charge >= 0.3 is 6.03 Å². The van der Waals surface area contributed by atoms with Crippen LogP contribution >= 0.6 is 11.6 Å². The van der Waals surface area contributed by atoms with Crippen LogP contribution in [0.1, 0.15) is 24.2 Å². The summed E-state index contributed by atoms with van der Waals surface area (Å²) in [4.78, 5) is 33.2. The Morgan fingerprint density at radius 1 is 1.38 bits per heavy atom. The van der Waals surface area contributed by atoms with Gasteiger partial charge in [0.2, 0.25) is 5.91 Å². The van der Waals surface area contributed by atoms with Crippen molar-refractivity contribution in [3.63, 3.8) is 0 Å². The summed E-state index contributed by atoms with van der Waals surface area (Å²) in [5, 5.41) is 5.51. The summed E-state index contributed by atoms with van der Waals surface area (Å²) in [6, 6.07) is 1.06. The lowest BCUT2D eigenvalue weighted by molar-refractivity contribution is -0.122. The fourth-order valence-electron chi connectivity index (χ4n) is 2.57. The van der Waals surface area contributed by atoms with Crippen molar-refractivity contribution < 1.29 is 18.4 Å². The van der Waals surface area contributed by atoms with Crippen LogP contribution < -0.4 is 10.6 Å². The number of carbonyl (C=O) groups is 2. The Labute approximate surface area is 152 Å². The summed E-state index contributed by atoms with van der Waals surface area (Å²) in [6.07, 6.45) is 2.28. The number of halogens is 3. The Morgan fingerprint density at radius 3 is 2.88 bits per heavy atom. The lowest BCUT2D eigenvalue weighted by Gasteiger charge is -2.28. The molecule has 26 heavy (non-hydrogen) atoms. The molecule has 2 N–H and O–H groups in total. The maximum atomic E-state index is 13.7. The molecule has 7 nitrogen and oxygen atoms in total. The second kappa shape index (κ2) is 7.20. The zero-order chi connectivity index (χ0) is 18.8. The normalized spacial score (nSPS) is 14.5. The van der Waals surface area contributed by atoms with Crippen LogP contribution in [0.3, 0.4) is 0 Å². The number of carbonyl (C=O) groups excluding carboxylic acids is 2. The lowest BCUT2D eigenvalue weighted by atomic mass is 10.2. The molecule has 3 rings (SSSR count). The Morgan fingerprint density at radius 2 is 2.15 bits per heavy atom. The van der Waals surface area contributed by atoms with Gasteiger partial charge in [-0.2, -0.15) is 0 Å². The molecular formula is C16H14ClF2N5O2. The summed E-state index contributed by atoms with van der Waals surface area (Å²) in [6.45, 7) is 1.40. The van der Waals surface area contributed by atoms with E-state index in [0.717, 1.165) is 6.20 Å². The fraction of sp³-hybridized carbons (Fsp3) is 0.250. The Balaban J connectivity index is 1.65. The third kappa shape index (κ3) is 3.88. The van der Waals surface area contributed by atoms with Crippen molar-refractivity contribution >= 4 is 29.4 Å². The van der Waals surface area contributed by atoms with Crippen LogP contribution in [0.15, 0.2) is 24.5 Å². The highest BCUT2D eigenvalue weighted by atomic mass is 35.5. The van der Waals surface area contributed by atoms with E-state index in [1.807, 2.05) is 0 Å². The Bertz CT molecular complexity index is 880. The lowest BCUT2D eigenvalue weighted by Crippen LogP contribution is -2.45. The molecule has 0 spiro atoms. The number of fused-ring (bicyclic) bond motifs is 1. The summed E-state index contributed by atoms with van der Waals surface area (Å²) < 4.78 is 26.6. The Hall–Kier alpha value is -2.81. The van der Waals surface area contributed by atoms with E-state index in [1.54, 1.807) is 6.07 Å². The average molecular weight is 382 g/mol. The number of rotatable bonds is 4. The van der Waals surface area contributed by atoms with Crippen LogP contribution in [0.2, 0.25) is 5.02 Å². The summed E-state index contributed by atoms with van der Waals surface area (Å²) in [5.74, 6) is -1.79. The van der Waals surface area contributed by atoms with Crippen LogP contribution in [0.4, 0.5) is 19.4 Å². The van der Waals surface area contributed by atoms with Gasteiger partial charge in [-0.1, -0.05) is 11.6 Å². The Kier molecular flexibility index (Phi) is 4.99. The zero-order valence-corrected chi connectivity index (χ0v) is 14.3. The third-order valence-electron chi connectivity index (χ3n) is 3.77. The molecule has 1 atom stereocenters. The molecule has 0 saturated heterocycles. The predicted octanol–water partition coefficient (Wildman–Crippen LogP) is 2.63. The molecule has 3 amide bonds. The first kappa shape index (κ1) is 18.0. The second-order valence-corrected chi connectivity index (χ2v) is 6.19. The second-order valence-electron chi connectivity index (χ2n) is 5.76. The van der Waals surface area contributed by atoms with Crippen LogP contribution in [0.25, 0.3) is 0 Å². The molecule has 1 aliphatic rings. The summed E-state index contributed by atoms with van der Waals surface area (Å²) >= 11 is 5.89. The molecule has 3 heterocycles. The van der Waals surface area contributed by atoms with Crippen LogP contribution in [0.5, 0.6) is 0 Å². The molecule has 2 aromatic heterocycles. The number of hydrogen-bond donors (Lipinski definition) is 2. The van der Waals surface area contributed by atoms with Gasteiger partial charge in [0.05, 0.1) is 29.5 Å². The van der Waals surface area contributed by atoms with Crippen molar-refractivity contribution in [2.24, 2.45) is 0 Å². The maximum Gasteiger partial charge on any atom is 0.323 e. The first-order chi connectivity index (χ1) is 12.3. The molecule has 0 radical (unpaired) electrons. The highest BCUT2D eigenvalue weighted by Gasteiger charge is 2.26. The van der Waals surface area contributed by atoms with Crippen molar-refractivity contribution in [2.75, 3.05) is 11.9 Å². The van der Waals surface area contributed by atoms with Crippen molar-refractivity contribution in [3.05, 3.63) is 52.4 Å². The average Bonchev–Trinajstić information content (AvgIpc) is 2.55. The van der Waals surface area contributed by atoms with E-state index >= 15 is 0 Å². The number of anilines is 1. The molecule has 0 aliphatic carbocycles. The molecule has 1 aliphatic heterocycles. The minimum absolute atomic E-state index is 0.0934. The molecule has 0 unspecified atom stereocenters. The van der Waals surface area contributed by atoms with Gasteiger partial charge in [0.1, 0.15) is 24.0 Å². The minimum Gasteiger partial charge on any atom is -0.346 e. The SMILES string of the molecule is C[C@H](NC(=O)CN1Cc2cc(Cl)cnc2NC1=O)c1ncc(F)cc1F. The number of aromatic nitrogens is 2. The van der Waals surface area contributed by atoms with Gasteiger partial charge in [-0.15, -0.1) is 0 Å². The van der Waals surface area contributed by atoms with E-state index in [0.29, 0.717) is 22.5 Å². The predicted molar refractivity (Wildman–Crippen MR) is 89.4 cm³/mol. The van der Waals surface area contributed by atoms with Gasteiger partial charge in [0.15, 0.2) is 0 Å². The maximum absolute atomic E-state index is 13.7.